The van der Waals surface area contributed by atoms with E-state index in [2.05, 4.69) is 0 Å². The van der Waals surface area contributed by atoms with Crippen LogP contribution < -0.4 is 15.1 Å². The molecule has 0 aliphatic rings. The molecule has 122 valence electrons. The van der Waals surface area contributed by atoms with Gasteiger partial charge in [-0.05, 0) is 32.9 Å². The van der Waals surface area contributed by atoms with E-state index in [-0.39, 0.29) is 12.4 Å². The fourth-order valence-electron chi connectivity index (χ4n) is 2.23. The maximum Gasteiger partial charge on any atom is 0.343 e. The predicted molar refractivity (Wildman–Crippen MR) is 88.3 cm³/mol. The van der Waals surface area contributed by atoms with Gasteiger partial charge in [0.15, 0.2) is 5.78 Å². The molecule has 1 heterocycles. The van der Waals surface area contributed by atoms with E-state index in [0.29, 0.717) is 34.5 Å². The van der Waals surface area contributed by atoms with Gasteiger partial charge in [-0.1, -0.05) is 17.7 Å². The first-order valence-corrected chi connectivity index (χ1v) is 7.32. The van der Waals surface area contributed by atoms with E-state index in [9.17, 15) is 9.59 Å². The lowest BCUT2D eigenvalue weighted by atomic mass is 10.1. The fourth-order valence-corrected chi connectivity index (χ4v) is 2.23. The van der Waals surface area contributed by atoms with Crippen LogP contribution in [0.15, 0.2) is 39.1 Å². The lowest BCUT2D eigenvalue weighted by molar-refractivity contribution is -0.118. The van der Waals surface area contributed by atoms with Crippen LogP contribution >= 0.6 is 0 Å². The molecule has 0 spiro atoms. The van der Waals surface area contributed by atoms with Gasteiger partial charge >= 0.3 is 5.63 Å². The van der Waals surface area contributed by atoms with Crippen LogP contribution in [0.1, 0.15) is 26.3 Å². The zero-order valence-electron chi connectivity index (χ0n) is 13.8. The molecule has 23 heavy (non-hydrogen) atoms. The maximum absolute atomic E-state index is 12.2. The molecule has 0 amide bonds. The van der Waals surface area contributed by atoms with E-state index in [1.54, 1.807) is 18.2 Å². The van der Waals surface area contributed by atoms with E-state index < -0.39 is 5.63 Å². The van der Waals surface area contributed by atoms with E-state index in [1.165, 1.54) is 14.0 Å². The van der Waals surface area contributed by atoms with E-state index in [1.807, 2.05) is 19.9 Å². The molecule has 0 unspecified atom stereocenters. The number of carbonyl (C=O) groups is 1. The summed E-state index contributed by atoms with van der Waals surface area (Å²) in [5.41, 5.74) is 1.46. The second-order valence-corrected chi connectivity index (χ2v) is 5.51. The molecule has 0 aliphatic heterocycles. The first kappa shape index (κ1) is 16.8. The highest BCUT2D eigenvalue weighted by Crippen LogP contribution is 2.35. The number of carbonyl (C=O) groups excluding carboxylic acids is 1. The number of hydrogen-bond donors (Lipinski definition) is 0. The van der Waals surface area contributed by atoms with Crippen molar-refractivity contribution in [2.24, 2.45) is 0 Å². The van der Waals surface area contributed by atoms with Crippen LogP contribution in [0.3, 0.4) is 0 Å². The van der Waals surface area contributed by atoms with Gasteiger partial charge in [-0.2, -0.15) is 0 Å². The second kappa shape index (κ2) is 7.13. The minimum Gasteiger partial charge on any atom is -0.495 e. The Balaban J connectivity index is 2.66. The van der Waals surface area contributed by atoms with Crippen molar-refractivity contribution in [2.75, 3.05) is 13.7 Å². The molecule has 5 nitrogen and oxygen atoms in total. The molecule has 0 bridgehead atoms. The first-order chi connectivity index (χ1) is 10.9. The Labute approximate surface area is 134 Å². The van der Waals surface area contributed by atoms with Crippen LogP contribution in [0.4, 0.5) is 0 Å². The maximum atomic E-state index is 12.2. The van der Waals surface area contributed by atoms with Gasteiger partial charge in [0.25, 0.3) is 0 Å². The molecule has 0 saturated heterocycles. The summed E-state index contributed by atoms with van der Waals surface area (Å²) < 4.78 is 16.4. The Hall–Kier alpha value is -2.56. The standard InChI is InChI=1S/C18H20O5/c1-11(2)8-9-13-17(21-4)16-14(22-10-12(3)19)6-5-7-15(16)23-18(13)20/h5-8H,9-10H2,1-4H3. The second-order valence-electron chi connectivity index (χ2n) is 5.51. The zero-order chi connectivity index (χ0) is 17.0. The summed E-state index contributed by atoms with van der Waals surface area (Å²) in [6.07, 6.45) is 2.34. The number of ether oxygens (including phenoxy) is 2. The number of ketones is 1. The monoisotopic (exact) mass is 316 g/mol. The minimum absolute atomic E-state index is 0.0509. The van der Waals surface area contributed by atoms with E-state index in [0.717, 1.165) is 5.57 Å². The molecule has 0 radical (unpaired) electrons. The van der Waals surface area contributed by atoms with Crippen molar-refractivity contribution < 1.29 is 18.7 Å². The smallest absolute Gasteiger partial charge is 0.343 e. The average molecular weight is 316 g/mol. The third kappa shape index (κ3) is 3.80. The number of Topliss-reactive ketones (excluding diaryl/α,β-unsaturated/α-hetero) is 1. The van der Waals surface area contributed by atoms with Crippen molar-refractivity contribution in [3.63, 3.8) is 0 Å². The number of hydrogen-bond acceptors (Lipinski definition) is 5. The Morgan fingerprint density at radius 2 is 2.00 bits per heavy atom. The summed E-state index contributed by atoms with van der Waals surface area (Å²) >= 11 is 0. The van der Waals surface area contributed by atoms with Crippen LogP contribution in [0, 0.1) is 0 Å². The number of methoxy groups -OCH3 is 1. The third-order valence-electron chi connectivity index (χ3n) is 3.29. The van der Waals surface area contributed by atoms with Gasteiger partial charge in [-0.25, -0.2) is 4.79 Å². The van der Waals surface area contributed by atoms with E-state index in [4.69, 9.17) is 13.9 Å². The van der Waals surface area contributed by atoms with Gasteiger partial charge in [0, 0.05) is 6.42 Å². The lowest BCUT2D eigenvalue weighted by Crippen LogP contribution is -2.11. The van der Waals surface area contributed by atoms with Crippen molar-refractivity contribution in [1.82, 2.24) is 0 Å². The molecule has 0 saturated carbocycles. The van der Waals surface area contributed by atoms with Gasteiger partial charge in [0.1, 0.15) is 29.1 Å². The van der Waals surface area contributed by atoms with Crippen molar-refractivity contribution in [3.05, 3.63) is 45.8 Å². The summed E-state index contributed by atoms with van der Waals surface area (Å²) in [5, 5.41) is 0.563. The molecule has 1 aromatic heterocycles. The molecule has 1 aromatic carbocycles. The van der Waals surface area contributed by atoms with Crippen LogP contribution in [-0.2, 0) is 11.2 Å². The van der Waals surface area contributed by atoms with Crippen LogP contribution in [-0.4, -0.2) is 19.5 Å². The number of allylic oxidation sites excluding steroid dienone is 2. The quantitative estimate of drug-likeness (QED) is 0.604. The normalized spacial score (nSPS) is 10.4. The van der Waals surface area contributed by atoms with Gasteiger partial charge < -0.3 is 13.9 Å². The van der Waals surface area contributed by atoms with Crippen molar-refractivity contribution in [3.8, 4) is 11.5 Å². The lowest BCUT2D eigenvalue weighted by Gasteiger charge is -2.13. The molecule has 0 aliphatic carbocycles. The fraction of sp³-hybridized carbons (Fsp3) is 0.333. The molecule has 0 fully saturated rings. The highest BCUT2D eigenvalue weighted by atomic mass is 16.5. The van der Waals surface area contributed by atoms with Crippen molar-refractivity contribution in [2.45, 2.75) is 27.2 Å². The molecular weight excluding hydrogens is 296 g/mol. The van der Waals surface area contributed by atoms with Gasteiger partial charge in [-0.3, -0.25) is 4.79 Å². The largest absolute Gasteiger partial charge is 0.495 e. The number of fused-ring (bicyclic) bond motifs is 1. The highest BCUT2D eigenvalue weighted by Gasteiger charge is 2.18. The number of rotatable bonds is 6. The van der Waals surface area contributed by atoms with Crippen molar-refractivity contribution in [1.29, 1.82) is 0 Å². The SMILES string of the molecule is COc1c(CC=C(C)C)c(=O)oc2cccc(OCC(C)=O)c12. The first-order valence-electron chi connectivity index (χ1n) is 7.32. The van der Waals surface area contributed by atoms with Gasteiger partial charge in [0.2, 0.25) is 0 Å². The van der Waals surface area contributed by atoms with Crippen LogP contribution in [0.2, 0.25) is 0 Å². The summed E-state index contributed by atoms with van der Waals surface area (Å²) in [6, 6.07) is 5.10. The summed E-state index contributed by atoms with van der Waals surface area (Å²) in [4.78, 5) is 23.4. The Morgan fingerprint density at radius 1 is 1.26 bits per heavy atom. The summed E-state index contributed by atoms with van der Waals surface area (Å²) in [6.45, 7) is 5.31. The van der Waals surface area contributed by atoms with Crippen LogP contribution in [0.5, 0.6) is 11.5 Å². The topological polar surface area (TPSA) is 65.7 Å². The molecular formula is C18H20O5. The molecule has 5 heteroatoms. The molecule has 0 atom stereocenters. The average Bonchev–Trinajstić information content (AvgIpc) is 2.49. The van der Waals surface area contributed by atoms with Gasteiger partial charge in [0.05, 0.1) is 12.7 Å². The third-order valence-corrected chi connectivity index (χ3v) is 3.29. The van der Waals surface area contributed by atoms with E-state index >= 15 is 0 Å². The molecule has 2 rings (SSSR count). The number of benzene rings is 1. The zero-order valence-corrected chi connectivity index (χ0v) is 13.8. The summed E-state index contributed by atoms with van der Waals surface area (Å²) in [7, 11) is 1.50. The van der Waals surface area contributed by atoms with Gasteiger partial charge in [-0.15, -0.1) is 0 Å². The molecule has 2 aromatic rings. The highest BCUT2D eigenvalue weighted by molar-refractivity contribution is 5.91. The minimum atomic E-state index is -0.435. The summed E-state index contributed by atoms with van der Waals surface area (Å²) in [5.74, 6) is 0.785. The Morgan fingerprint density at radius 3 is 2.61 bits per heavy atom. The van der Waals surface area contributed by atoms with Crippen LogP contribution in [0.25, 0.3) is 11.0 Å². The molecule has 0 N–H and O–H groups in total. The predicted octanol–water partition coefficient (Wildman–Crippen LogP) is 3.28. The Bertz CT molecular complexity index is 810. The Kier molecular flexibility index (Phi) is 5.21. The van der Waals surface area contributed by atoms with Crippen molar-refractivity contribution >= 4 is 16.8 Å².